The van der Waals surface area contributed by atoms with E-state index in [2.05, 4.69) is 10.6 Å². The maximum atomic E-state index is 12.8. The largest absolute Gasteiger partial charge is 0.467 e. The van der Waals surface area contributed by atoms with Crippen LogP contribution in [0.2, 0.25) is 0 Å². The molecule has 0 unspecified atom stereocenters. The molecule has 29 heavy (non-hydrogen) atoms. The highest BCUT2D eigenvalue weighted by Crippen LogP contribution is 2.08. The number of carbonyl (C=O) groups excluding carboxylic acids is 3. The highest BCUT2D eigenvalue weighted by Gasteiger charge is 2.27. The van der Waals surface area contributed by atoms with Crippen molar-refractivity contribution in [3.05, 3.63) is 47.5 Å². The topological polar surface area (TPSA) is 93.7 Å². The zero-order valence-electron chi connectivity index (χ0n) is 17.9. The lowest BCUT2D eigenvalue weighted by atomic mass is 10.0. The summed E-state index contributed by atoms with van der Waals surface area (Å²) < 4.78 is 9.99. The number of carbonyl (C=O) groups is 3. The van der Waals surface area contributed by atoms with Crippen LogP contribution in [0.25, 0.3) is 0 Å². The molecule has 0 bridgehead atoms. The van der Waals surface area contributed by atoms with Crippen molar-refractivity contribution in [3.63, 3.8) is 0 Å². The zero-order valence-corrected chi connectivity index (χ0v) is 17.9. The summed E-state index contributed by atoms with van der Waals surface area (Å²) in [6.45, 7) is 7.80. The maximum absolute atomic E-state index is 12.8. The minimum Gasteiger partial charge on any atom is -0.467 e. The molecule has 0 aliphatic carbocycles. The fourth-order valence-electron chi connectivity index (χ4n) is 2.59. The molecule has 0 spiro atoms. The molecule has 0 saturated carbocycles. The molecule has 0 aromatic heterocycles. The number of hydrogen-bond acceptors (Lipinski definition) is 5. The number of allylic oxidation sites excluding steroid dienone is 1. The van der Waals surface area contributed by atoms with Gasteiger partial charge in [0.2, 0.25) is 5.91 Å². The Morgan fingerprint density at radius 2 is 1.69 bits per heavy atom. The van der Waals surface area contributed by atoms with Crippen LogP contribution in [0.15, 0.2) is 42.0 Å². The summed E-state index contributed by atoms with van der Waals surface area (Å²) in [4.78, 5) is 37.0. The van der Waals surface area contributed by atoms with Crippen LogP contribution in [0.4, 0.5) is 4.79 Å². The number of esters is 1. The molecule has 160 valence electrons. The highest BCUT2D eigenvalue weighted by atomic mass is 16.5. The van der Waals surface area contributed by atoms with Gasteiger partial charge in [-0.3, -0.25) is 4.79 Å². The summed E-state index contributed by atoms with van der Waals surface area (Å²) in [6, 6.07) is 7.62. The molecule has 0 fully saturated rings. The van der Waals surface area contributed by atoms with Gasteiger partial charge in [0.15, 0.2) is 0 Å². The quantitative estimate of drug-likeness (QED) is 0.461. The molecule has 7 heteroatoms. The molecule has 1 rings (SSSR count). The fourth-order valence-corrected chi connectivity index (χ4v) is 2.59. The number of amides is 2. The Balaban J connectivity index is 2.75. The van der Waals surface area contributed by atoms with Crippen molar-refractivity contribution in [2.24, 2.45) is 5.92 Å². The van der Waals surface area contributed by atoms with Crippen LogP contribution in [-0.2, 0) is 25.7 Å². The van der Waals surface area contributed by atoms with Crippen LogP contribution >= 0.6 is 0 Å². The van der Waals surface area contributed by atoms with E-state index < -0.39 is 30.1 Å². The monoisotopic (exact) mass is 404 g/mol. The van der Waals surface area contributed by atoms with Crippen molar-refractivity contribution in [2.45, 2.75) is 59.2 Å². The van der Waals surface area contributed by atoms with E-state index in [1.807, 2.05) is 64.1 Å². The summed E-state index contributed by atoms with van der Waals surface area (Å²) in [5, 5.41) is 5.28. The van der Waals surface area contributed by atoms with Crippen LogP contribution in [0, 0.1) is 5.92 Å². The molecule has 7 nitrogen and oxygen atoms in total. The van der Waals surface area contributed by atoms with Crippen LogP contribution in [0.3, 0.4) is 0 Å². The number of alkyl carbamates (subject to hydrolysis) is 1. The lowest BCUT2D eigenvalue weighted by molar-refractivity contribution is -0.145. The number of hydrogen-bond donors (Lipinski definition) is 2. The van der Waals surface area contributed by atoms with Gasteiger partial charge in [0.1, 0.15) is 18.7 Å². The van der Waals surface area contributed by atoms with E-state index >= 15 is 0 Å². The molecule has 0 saturated heterocycles. The molecule has 0 aliphatic rings. The van der Waals surface area contributed by atoms with Gasteiger partial charge >= 0.3 is 12.1 Å². The van der Waals surface area contributed by atoms with Gasteiger partial charge in [0, 0.05) is 0 Å². The number of benzene rings is 1. The Morgan fingerprint density at radius 1 is 1.03 bits per heavy atom. The van der Waals surface area contributed by atoms with Crippen LogP contribution in [0.5, 0.6) is 0 Å². The SMILES string of the molecule is COC(=O)[C@@H](CC=C(C)C)NC(=O)[C@H](CC(C)C)NC(=O)OCc1ccccc1. The minimum absolute atomic E-state index is 0.105. The van der Waals surface area contributed by atoms with Crippen molar-refractivity contribution in [1.29, 1.82) is 0 Å². The Bertz CT molecular complexity index is 696. The van der Waals surface area contributed by atoms with Crippen LogP contribution in [-0.4, -0.2) is 37.2 Å². The summed E-state index contributed by atoms with van der Waals surface area (Å²) in [5.41, 5.74) is 1.87. The average molecular weight is 405 g/mol. The predicted octanol–water partition coefficient (Wildman–Crippen LogP) is 3.34. The van der Waals surface area contributed by atoms with Gasteiger partial charge in [-0.1, -0.05) is 55.8 Å². The van der Waals surface area contributed by atoms with Crippen molar-refractivity contribution in [3.8, 4) is 0 Å². The number of ether oxygens (including phenoxy) is 2. The smallest absolute Gasteiger partial charge is 0.408 e. The lowest BCUT2D eigenvalue weighted by Crippen LogP contribution is -2.52. The second-order valence-corrected chi connectivity index (χ2v) is 7.49. The molecular weight excluding hydrogens is 372 g/mol. The first-order chi connectivity index (χ1) is 13.7. The van der Waals surface area contributed by atoms with Crippen molar-refractivity contribution in [1.82, 2.24) is 10.6 Å². The van der Waals surface area contributed by atoms with Crippen LogP contribution in [0.1, 0.15) is 46.1 Å². The molecule has 2 N–H and O–H groups in total. The average Bonchev–Trinajstić information content (AvgIpc) is 2.68. The van der Waals surface area contributed by atoms with Gasteiger partial charge < -0.3 is 20.1 Å². The van der Waals surface area contributed by atoms with E-state index in [4.69, 9.17) is 9.47 Å². The predicted molar refractivity (Wildman–Crippen MR) is 111 cm³/mol. The third kappa shape index (κ3) is 9.78. The van der Waals surface area contributed by atoms with Crippen LogP contribution < -0.4 is 10.6 Å². The Hall–Kier alpha value is -2.83. The number of nitrogens with one attached hydrogen (secondary N) is 2. The highest BCUT2D eigenvalue weighted by molar-refractivity contribution is 5.89. The van der Waals surface area contributed by atoms with E-state index in [1.54, 1.807) is 0 Å². The first-order valence-corrected chi connectivity index (χ1v) is 9.71. The maximum Gasteiger partial charge on any atom is 0.408 e. The first-order valence-electron chi connectivity index (χ1n) is 9.71. The van der Waals surface area contributed by atoms with Gasteiger partial charge in [-0.2, -0.15) is 0 Å². The Morgan fingerprint density at radius 3 is 2.24 bits per heavy atom. The summed E-state index contributed by atoms with van der Waals surface area (Å²) in [5.74, 6) is -0.840. The minimum atomic E-state index is -0.822. The second-order valence-electron chi connectivity index (χ2n) is 7.49. The molecule has 0 aliphatic heterocycles. The van der Waals surface area contributed by atoms with E-state index in [9.17, 15) is 14.4 Å². The molecule has 0 radical (unpaired) electrons. The van der Waals surface area contributed by atoms with E-state index in [0.717, 1.165) is 11.1 Å². The summed E-state index contributed by atoms with van der Waals surface area (Å²) >= 11 is 0. The Labute approximate surface area is 172 Å². The molecular formula is C22H32N2O5. The fraction of sp³-hybridized carbons (Fsp3) is 0.500. The molecule has 2 atom stereocenters. The third-order valence-corrected chi connectivity index (χ3v) is 4.09. The van der Waals surface area contributed by atoms with E-state index in [1.165, 1.54) is 7.11 Å². The van der Waals surface area contributed by atoms with Gasteiger partial charge in [0.25, 0.3) is 0 Å². The van der Waals surface area contributed by atoms with Gasteiger partial charge in [-0.05, 0) is 38.2 Å². The van der Waals surface area contributed by atoms with Crippen molar-refractivity contribution in [2.75, 3.05) is 7.11 Å². The third-order valence-electron chi connectivity index (χ3n) is 4.09. The van der Waals surface area contributed by atoms with Gasteiger partial charge in [-0.15, -0.1) is 0 Å². The van der Waals surface area contributed by atoms with Crippen molar-refractivity contribution < 1.29 is 23.9 Å². The number of methoxy groups -OCH3 is 1. The molecule has 0 heterocycles. The standard InChI is InChI=1S/C22H32N2O5/c1-15(2)11-12-18(21(26)28-5)23-20(25)19(13-16(3)4)24-22(27)29-14-17-9-7-6-8-10-17/h6-11,16,18-19H,12-14H2,1-5H3,(H,23,25)(H,24,27)/t18-,19+/m1/s1. The molecule has 1 aromatic rings. The molecule has 1 aromatic carbocycles. The van der Waals surface area contributed by atoms with Crippen molar-refractivity contribution >= 4 is 18.0 Å². The normalized spacial score (nSPS) is 12.5. The number of rotatable bonds is 10. The summed E-state index contributed by atoms with van der Waals surface area (Å²) in [6.07, 6.45) is 1.88. The Kier molecular flexibility index (Phi) is 10.5. The second kappa shape index (κ2) is 12.6. The van der Waals surface area contributed by atoms with Gasteiger partial charge in [0.05, 0.1) is 7.11 Å². The van der Waals surface area contributed by atoms with E-state index in [-0.39, 0.29) is 12.5 Å². The van der Waals surface area contributed by atoms with Gasteiger partial charge in [-0.25, -0.2) is 9.59 Å². The van der Waals surface area contributed by atoms with E-state index in [0.29, 0.717) is 12.8 Å². The summed E-state index contributed by atoms with van der Waals surface area (Å²) in [7, 11) is 1.27. The molecule has 2 amide bonds. The lowest BCUT2D eigenvalue weighted by Gasteiger charge is -2.23. The first kappa shape index (κ1) is 24.2. The zero-order chi connectivity index (χ0) is 21.8.